The third-order valence-electron chi connectivity index (χ3n) is 3.71. The lowest BCUT2D eigenvalue weighted by Crippen LogP contribution is -2.33. The van der Waals surface area contributed by atoms with Crippen LogP contribution in [0.4, 0.5) is 5.69 Å². The largest absolute Gasteiger partial charge is 0.394 e. The number of hydrogen-bond donors (Lipinski definition) is 3. The molecule has 0 aliphatic carbocycles. The van der Waals surface area contributed by atoms with Crippen molar-refractivity contribution in [1.82, 2.24) is 4.57 Å². The second-order valence-electron chi connectivity index (χ2n) is 4.95. The average Bonchev–Trinajstić information content (AvgIpc) is 3.01. The van der Waals surface area contributed by atoms with Crippen molar-refractivity contribution in [2.75, 3.05) is 6.61 Å². The summed E-state index contributed by atoms with van der Waals surface area (Å²) in [5.74, 6) is 0. The van der Waals surface area contributed by atoms with Crippen molar-refractivity contribution in [1.29, 1.82) is 0 Å². The molecular weight excluding hydrogens is 280 g/mol. The number of hydrogen-bond acceptors (Lipinski definition) is 6. The first-order chi connectivity index (χ1) is 10.0. The summed E-state index contributed by atoms with van der Waals surface area (Å²) in [4.78, 5) is 10.3. The quantitative estimate of drug-likeness (QED) is 0.548. The Morgan fingerprint density at radius 3 is 2.67 bits per heavy atom. The molecule has 0 amide bonds. The first-order valence-corrected chi connectivity index (χ1v) is 6.40. The smallest absolute Gasteiger partial charge is 0.270 e. The summed E-state index contributed by atoms with van der Waals surface area (Å²) >= 11 is 0. The van der Waals surface area contributed by atoms with Gasteiger partial charge in [-0.1, -0.05) is 0 Å². The Morgan fingerprint density at radius 2 is 2.05 bits per heavy atom. The Morgan fingerprint density at radius 1 is 1.29 bits per heavy atom. The summed E-state index contributed by atoms with van der Waals surface area (Å²) in [6.07, 6.45) is -2.46. The topological polar surface area (TPSA) is 118 Å². The number of benzene rings is 1. The predicted octanol–water partition coefficient (Wildman–Crippen LogP) is 0.161. The van der Waals surface area contributed by atoms with Crippen LogP contribution in [0.1, 0.15) is 6.23 Å². The van der Waals surface area contributed by atoms with Gasteiger partial charge in [0, 0.05) is 23.7 Å². The molecule has 2 heterocycles. The molecule has 0 spiro atoms. The molecule has 1 aliphatic heterocycles. The highest BCUT2D eigenvalue weighted by molar-refractivity contribution is 5.82. The maximum absolute atomic E-state index is 10.8. The lowest BCUT2D eigenvalue weighted by atomic mass is 10.1. The van der Waals surface area contributed by atoms with Gasteiger partial charge in [-0.25, -0.2) is 0 Å². The second kappa shape index (κ2) is 5.08. The summed E-state index contributed by atoms with van der Waals surface area (Å²) in [7, 11) is 0. The van der Waals surface area contributed by atoms with Gasteiger partial charge in [0.15, 0.2) is 6.23 Å². The maximum Gasteiger partial charge on any atom is 0.270 e. The van der Waals surface area contributed by atoms with Gasteiger partial charge in [-0.3, -0.25) is 10.1 Å². The van der Waals surface area contributed by atoms with Gasteiger partial charge in [-0.05, 0) is 12.1 Å². The SMILES string of the molecule is O=[N+]([O-])c1ccc2c(ccn2[C@@H]2O[C@H](CO)C(O)C2O)c1. The average molecular weight is 294 g/mol. The minimum Gasteiger partial charge on any atom is -0.394 e. The van der Waals surface area contributed by atoms with Gasteiger partial charge < -0.3 is 24.6 Å². The van der Waals surface area contributed by atoms with Crippen molar-refractivity contribution >= 4 is 16.6 Å². The van der Waals surface area contributed by atoms with E-state index in [4.69, 9.17) is 9.84 Å². The molecule has 0 saturated carbocycles. The molecule has 1 aliphatic rings. The van der Waals surface area contributed by atoms with E-state index < -0.39 is 36.1 Å². The molecule has 112 valence electrons. The molecule has 3 rings (SSSR count). The maximum atomic E-state index is 10.8. The molecule has 0 radical (unpaired) electrons. The van der Waals surface area contributed by atoms with E-state index >= 15 is 0 Å². The molecule has 0 bridgehead atoms. The summed E-state index contributed by atoms with van der Waals surface area (Å²) in [6.45, 7) is -0.403. The summed E-state index contributed by atoms with van der Waals surface area (Å²) in [6, 6.07) is 6.01. The van der Waals surface area contributed by atoms with Gasteiger partial charge in [-0.2, -0.15) is 0 Å². The van der Waals surface area contributed by atoms with Crippen molar-refractivity contribution in [3.63, 3.8) is 0 Å². The molecule has 1 aromatic carbocycles. The molecule has 3 N–H and O–H groups in total. The summed E-state index contributed by atoms with van der Waals surface area (Å²) in [5.41, 5.74) is 0.608. The van der Waals surface area contributed by atoms with Crippen molar-refractivity contribution in [2.45, 2.75) is 24.5 Å². The minimum absolute atomic E-state index is 0.0265. The van der Waals surface area contributed by atoms with Crippen molar-refractivity contribution in [3.05, 3.63) is 40.6 Å². The number of ether oxygens (including phenoxy) is 1. The number of aromatic nitrogens is 1. The zero-order valence-electron chi connectivity index (χ0n) is 10.9. The van der Waals surface area contributed by atoms with Gasteiger partial charge in [0.1, 0.15) is 18.3 Å². The molecule has 1 fully saturated rings. The third kappa shape index (κ3) is 2.18. The fraction of sp³-hybridized carbons (Fsp3) is 0.385. The van der Waals surface area contributed by atoms with Gasteiger partial charge in [0.2, 0.25) is 0 Å². The van der Waals surface area contributed by atoms with E-state index in [0.717, 1.165) is 0 Å². The van der Waals surface area contributed by atoms with Crippen LogP contribution in [0.5, 0.6) is 0 Å². The Bertz CT molecular complexity index is 684. The fourth-order valence-corrected chi connectivity index (χ4v) is 2.60. The molecule has 1 saturated heterocycles. The molecule has 1 aromatic heterocycles. The number of nitro groups is 1. The standard InChI is InChI=1S/C13H14N2O6/c16-6-10-11(17)12(18)13(21-10)14-4-3-7-5-8(15(19)20)1-2-9(7)14/h1-5,10-13,16-18H,6H2/t10-,11?,12?,13-/m1/s1. The lowest BCUT2D eigenvalue weighted by molar-refractivity contribution is -0.384. The van der Waals surface area contributed by atoms with E-state index in [0.29, 0.717) is 10.9 Å². The number of non-ortho nitro benzene ring substituents is 1. The molecule has 21 heavy (non-hydrogen) atoms. The molecule has 4 atom stereocenters. The Kier molecular flexibility index (Phi) is 3.38. The lowest BCUT2D eigenvalue weighted by Gasteiger charge is -2.17. The molecule has 2 unspecified atom stereocenters. The van der Waals surface area contributed by atoms with Gasteiger partial charge >= 0.3 is 0 Å². The number of nitrogens with zero attached hydrogens (tertiary/aromatic N) is 2. The highest BCUT2D eigenvalue weighted by Crippen LogP contribution is 2.33. The Hall–Kier alpha value is -2.00. The highest BCUT2D eigenvalue weighted by atomic mass is 16.6. The van der Waals surface area contributed by atoms with Gasteiger partial charge in [0.05, 0.1) is 17.0 Å². The van der Waals surface area contributed by atoms with Crippen molar-refractivity contribution < 1.29 is 25.0 Å². The Labute approximate surface area is 119 Å². The van der Waals surface area contributed by atoms with E-state index in [9.17, 15) is 20.3 Å². The Balaban J connectivity index is 2.00. The molecular formula is C13H14N2O6. The van der Waals surface area contributed by atoms with E-state index in [1.807, 2.05) is 0 Å². The van der Waals surface area contributed by atoms with E-state index in [2.05, 4.69) is 0 Å². The summed E-state index contributed by atoms with van der Waals surface area (Å²) < 4.78 is 7.03. The third-order valence-corrected chi connectivity index (χ3v) is 3.71. The number of aliphatic hydroxyl groups excluding tert-OH is 3. The van der Waals surface area contributed by atoms with Crippen LogP contribution in [0.2, 0.25) is 0 Å². The van der Waals surface area contributed by atoms with Crippen molar-refractivity contribution in [2.24, 2.45) is 0 Å². The molecule has 8 heteroatoms. The molecule has 2 aromatic rings. The van der Waals surface area contributed by atoms with Gasteiger partial charge in [0.25, 0.3) is 5.69 Å². The van der Waals surface area contributed by atoms with Crippen LogP contribution < -0.4 is 0 Å². The first kappa shape index (κ1) is 14.0. The zero-order valence-corrected chi connectivity index (χ0v) is 10.9. The van der Waals surface area contributed by atoms with Crippen LogP contribution in [0.3, 0.4) is 0 Å². The first-order valence-electron chi connectivity index (χ1n) is 6.40. The van der Waals surface area contributed by atoms with E-state index in [-0.39, 0.29) is 5.69 Å². The monoisotopic (exact) mass is 294 g/mol. The zero-order chi connectivity index (χ0) is 15.1. The van der Waals surface area contributed by atoms with Crippen LogP contribution in [0.25, 0.3) is 10.9 Å². The minimum atomic E-state index is -1.19. The second-order valence-corrected chi connectivity index (χ2v) is 4.95. The predicted molar refractivity (Wildman–Crippen MR) is 71.6 cm³/mol. The number of nitro benzene ring substituents is 1. The number of rotatable bonds is 3. The van der Waals surface area contributed by atoms with Crippen LogP contribution in [0, 0.1) is 10.1 Å². The van der Waals surface area contributed by atoms with Crippen LogP contribution in [-0.2, 0) is 4.74 Å². The van der Waals surface area contributed by atoms with Gasteiger partial charge in [-0.15, -0.1) is 0 Å². The van der Waals surface area contributed by atoms with Crippen LogP contribution >= 0.6 is 0 Å². The number of aliphatic hydroxyl groups is 3. The highest BCUT2D eigenvalue weighted by Gasteiger charge is 2.43. The van der Waals surface area contributed by atoms with Crippen LogP contribution in [0.15, 0.2) is 30.5 Å². The van der Waals surface area contributed by atoms with Crippen LogP contribution in [-0.4, -0.2) is 49.7 Å². The van der Waals surface area contributed by atoms with Crippen molar-refractivity contribution in [3.8, 4) is 0 Å². The summed E-state index contributed by atoms with van der Waals surface area (Å²) in [5, 5.41) is 40.3. The fourth-order valence-electron chi connectivity index (χ4n) is 2.60. The normalized spacial score (nSPS) is 29.1. The molecule has 8 nitrogen and oxygen atoms in total. The number of fused-ring (bicyclic) bond motifs is 1. The van der Waals surface area contributed by atoms with E-state index in [1.54, 1.807) is 22.9 Å². The van der Waals surface area contributed by atoms with E-state index in [1.165, 1.54) is 12.1 Å².